The minimum Gasteiger partial charge on any atom is -0.326 e. The molecule has 0 saturated carbocycles. The molecule has 0 aromatic heterocycles. The van der Waals surface area contributed by atoms with Crippen molar-refractivity contribution in [1.29, 1.82) is 0 Å². The number of likely N-dealkylation sites (tertiary alicyclic amines) is 1. The van der Waals surface area contributed by atoms with Crippen LogP contribution in [0.4, 0.5) is 10.5 Å². The van der Waals surface area contributed by atoms with Crippen molar-refractivity contribution in [2.45, 2.75) is 18.9 Å². The number of anilines is 1. The van der Waals surface area contributed by atoms with Gasteiger partial charge < -0.3 is 20.0 Å². The fourth-order valence-electron chi connectivity index (χ4n) is 3.62. The average molecular weight is 381 g/mol. The first-order valence-corrected chi connectivity index (χ1v) is 10.1. The predicted octanol–water partition coefficient (Wildman–Crippen LogP) is 3.84. The normalized spacial score (nSPS) is 15.6. The molecule has 0 radical (unpaired) electrons. The van der Waals surface area contributed by atoms with Gasteiger partial charge in [-0.05, 0) is 63.3 Å². The fraction of sp³-hybridized carbons (Fsp3) is 0.435. The summed E-state index contributed by atoms with van der Waals surface area (Å²) in [6, 6.07) is 18.8. The third-order valence-electron chi connectivity index (χ3n) is 5.69. The van der Waals surface area contributed by atoms with Crippen molar-refractivity contribution >= 4 is 11.7 Å². The first kappa shape index (κ1) is 20.4. The molecule has 1 aliphatic heterocycles. The summed E-state index contributed by atoms with van der Waals surface area (Å²) in [6.45, 7) is 3.93. The number of nitrogens with zero attached hydrogens (tertiary/aromatic N) is 3. The molecule has 1 fully saturated rings. The smallest absolute Gasteiger partial charge is 0.321 e. The third-order valence-corrected chi connectivity index (χ3v) is 5.69. The summed E-state index contributed by atoms with van der Waals surface area (Å²) >= 11 is 0. The summed E-state index contributed by atoms with van der Waals surface area (Å²) in [4.78, 5) is 19.0. The molecule has 0 aliphatic carbocycles. The van der Waals surface area contributed by atoms with Gasteiger partial charge >= 0.3 is 6.03 Å². The van der Waals surface area contributed by atoms with Crippen molar-refractivity contribution in [2.24, 2.45) is 0 Å². The molecule has 150 valence electrons. The maximum absolute atomic E-state index is 12.5. The van der Waals surface area contributed by atoms with Gasteiger partial charge in [0.25, 0.3) is 0 Å². The van der Waals surface area contributed by atoms with Crippen LogP contribution in [0.25, 0.3) is 11.1 Å². The second-order valence-corrected chi connectivity index (χ2v) is 7.81. The maximum Gasteiger partial charge on any atom is 0.321 e. The maximum atomic E-state index is 12.5. The molecule has 3 rings (SSSR count). The summed E-state index contributed by atoms with van der Waals surface area (Å²) < 4.78 is 0. The number of benzene rings is 2. The van der Waals surface area contributed by atoms with Crippen molar-refractivity contribution in [2.75, 3.05) is 52.6 Å². The van der Waals surface area contributed by atoms with Gasteiger partial charge in [-0.3, -0.25) is 0 Å². The van der Waals surface area contributed by atoms with Crippen LogP contribution < -0.4 is 5.32 Å². The van der Waals surface area contributed by atoms with E-state index in [1.54, 1.807) is 4.90 Å². The van der Waals surface area contributed by atoms with E-state index in [4.69, 9.17) is 0 Å². The summed E-state index contributed by atoms with van der Waals surface area (Å²) in [7, 11) is 6.21. The van der Waals surface area contributed by atoms with E-state index in [9.17, 15) is 4.79 Å². The van der Waals surface area contributed by atoms with Crippen LogP contribution in [0.1, 0.15) is 12.8 Å². The molecule has 1 aliphatic rings. The van der Waals surface area contributed by atoms with Gasteiger partial charge in [0, 0.05) is 31.9 Å². The number of carbonyl (C=O) groups excluding carboxylic acids is 1. The number of rotatable bonds is 6. The molecule has 0 atom stereocenters. The highest BCUT2D eigenvalue weighted by atomic mass is 16.2. The van der Waals surface area contributed by atoms with E-state index < -0.39 is 0 Å². The lowest BCUT2D eigenvalue weighted by Crippen LogP contribution is -2.45. The summed E-state index contributed by atoms with van der Waals surface area (Å²) in [5, 5.41) is 2.99. The molecule has 5 heteroatoms. The Morgan fingerprint density at radius 1 is 0.964 bits per heavy atom. The van der Waals surface area contributed by atoms with Gasteiger partial charge in [0.2, 0.25) is 0 Å². The molecule has 28 heavy (non-hydrogen) atoms. The highest BCUT2D eigenvalue weighted by Crippen LogP contribution is 2.21. The number of urea groups is 1. The topological polar surface area (TPSA) is 38.8 Å². The quantitative estimate of drug-likeness (QED) is 0.827. The van der Waals surface area contributed by atoms with Gasteiger partial charge in [-0.25, -0.2) is 4.79 Å². The Bertz CT molecular complexity index is 739. The minimum absolute atomic E-state index is 0.0655. The van der Waals surface area contributed by atoms with E-state index in [1.165, 1.54) is 18.4 Å². The van der Waals surface area contributed by atoms with E-state index in [2.05, 4.69) is 41.3 Å². The summed E-state index contributed by atoms with van der Waals surface area (Å²) in [6.07, 6.45) is 2.41. The Morgan fingerprint density at radius 3 is 2.21 bits per heavy atom. The van der Waals surface area contributed by atoms with Gasteiger partial charge in [0.05, 0.1) is 0 Å². The van der Waals surface area contributed by atoms with E-state index in [-0.39, 0.29) is 6.03 Å². The first-order valence-electron chi connectivity index (χ1n) is 10.1. The Morgan fingerprint density at radius 2 is 1.57 bits per heavy atom. The lowest BCUT2D eigenvalue weighted by atomic mass is 10.0. The standard InChI is InChI=1S/C23H32N4O/c1-25-15-13-22(14-16-25)26(2)17-18-27(3)23(28)24-21-11-9-20(10-12-21)19-7-5-4-6-8-19/h4-12,22H,13-18H2,1-3H3,(H,24,28). The van der Waals surface area contributed by atoms with Crippen molar-refractivity contribution in [3.63, 3.8) is 0 Å². The molecule has 0 unspecified atom stereocenters. The Hall–Kier alpha value is -2.37. The molecule has 2 aromatic rings. The highest BCUT2D eigenvalue weighted by molar-refractivity contribution is 5.89. The number of carbonyl (C=O) groups is 1. The second-order valence-electron chi connectivity index (χ2n) is 7.81. The summed E-state index contributed by atoms with van der Waals surface area (Å²) in [5.74, 6) is 0. The molecular formula is C23H32N4O. The third kappa shape index (κ3) is 5.57. The van der Waals surface area contributed by atoms with Crippen molar-refractivity contribution in [1.82, 2.24) is 14.7 Å². The van der Waals surface area contributed by atoms with Crippen molar-refractivity contribution in [3.05, 3.63) is 54.6 Å². The van der Waals surface area contributed by atoms with Gasteiger partial charge in [0.1, 0.15) is 0 Å². The average Bonchev–Trinajstić information content (AvgIpc) is 2.73. The Labute approximate surface area is 168 Å². The monoisotopic (exact) mass is 380 g/mol. The second kappa shape index (κ2) is 9.71. The summed E-state index contributed by atoms with van der Waals surface area (Å²) in [5.41, 5.74) is 3.14. The van der Waals surface area contributed by atoms with Crippen molar-refractivity contribution in [3.8, 4) is 11.1 Å². The zero-order chi connectivity index (χ0) is 19.9. The van der Waals surface area contributed by atoms with Crippen LogP contribution in [-0.4, -0.2) is 74.1 Å². The predicted molar refractivity (Wildman–Crippen MR) is 117 cm³/mol. The lowest BCUT2D eigenvalue weighted by molar-refractivity contribution is 0.136. The van der Waals surface area contributed by atoms with Gasteiger partial charge in [-0.1, -0.05) is 42.5 Å². The highest BCUT2D eigenvalue weighted by Gasteiger charge is 2.21. The van der Waals surface area contributed by atoms with Crippen molar-refractivity contribution < 1.29 is 4.79 Å². The Balaban J connectivity index is 1.46. The molecule has 1 N–H and O–H groups in total. The van der Waals surface area contributed by atoms with Crippen LogP contribution in [0.5, 0.6) is 0 Å². The van der Waals surface area contributed by atoms with Crippen LogP contribution in [0.2, 0.25) is 0 Å². The van der Waals surface area contributed by atoms with E-state index in [0.717, 1.165) is 37.4 Å². The number of nitrogens with one attached hydrogen (secondary N) is 1. The van der Waals surface area contributed by atoms with Gasteiger partial charge in [0.15, 0.2) is 0 Å². The van der Waals surface area contributed by atoms with Crippen LogP contribution in [0.15, 0.2) is 54.6 Å². The first-order chi connectivity index (χ1) is 13.5. The Kier molecular flexibility index (Phi) is 7.06. The zero-order valence-corrected chi connectivity index (χ0v) is 17.3. The van der Waals surface area contributed by atoms with E-state index in [0.29, 0.717) is 6.04 Å². The largest absolute Gasteiger partial charge is 0.326 e. The zero-order valence-electron chi connectivity index (χ0n) is 17.3. The fourth-order valence-corrected chi connectivity index (χ4v) is 3.62. The van der Waals surface area contributed by atoms with Crippen LogP contribution >= 0.6 is 0 Å². The molecule has 2 aromatic carbocycles. The van der Waals surface area contributed by atoms with E-state index in [1.807, 2.05) is 49.5 Å². The van der Waals surface area contributed by atoms with Crippen LogP contribution in [0, 0.1) is 0 Å². The minimum atomic E-state index is -0.0655. The molecule has 2 amide bonds. The molecule has 0 spiro atoms. The van der Waals surface area contributed by atoms with Crippen LogP contribution in [-0.2, 0) is 0 Å². The lowest BCUT2D eigenvalue weighted by Gasteiger charge is -2.35. The number of amides is 2. The number of likely N-dealkylation sites (N-methyl/N-ethyl adjacent to an activating group) is 2. The van der Waals surface area contributed by atoms with E-state index >= 15 is 0 Å². The molecule has 1 saturated heterocycles. The van der Waals surface area contributed by atoms with Crippen LogP contribution in [0.3, 0.4) is 0 Å². The molecule has 5 nitrogen and oxygen atoms in total. The molecule has 0 bridgehead atoms. The van der Waals surface area contributed by atoms with Gasteiger partial charge in [-0.15, -0.1) is 0 Å². The molecule has 1 heterocycles. The number of hydrogen-bond donors (Lipinski definition) is 1. The van der Waals surface area contributed by atoms with Gasteiger partial charge in [-0.2, -0.15) is 0 Å². The molecular weight excluding hydrogens is 348 g/mol. The number of hydrogen-bond acceptors (Lipinski definition) is 3. The number of piperidine rings is 1. The SMILES string of the molecule is CN1CCC(N(C)CCN(C)C(=O)Nc2ccc(-c3ccccc3)cc2)CC1.